The van der Waals surface area contributed by atoms with Gasteiger partial charge in [0, 0.05) is 51.2 Å². The molecular weight excluding hydrogens is 304 g/mol. The molecular formula is C18H24N4O2. The summed E-state index contributed by atoms with van der Waals surface area (Å²) in [6.07, 6.45) is 4.69. The Bertz CT molecular complexity index is 628. The summed E-state index contributed by atoms with van der Waals surface area (Å²) in [7, 11) is 3.37. The Balaban J connectivity index is 1.64. The molecule has 24 heavy (non-hydrogen) atoms. The maximum atomic E-state index is 5.36. The van der Waals surface area contributed by atoms with Crippen LogP contribution in [0.2, 0.25) is 0 Å². The maximum Gasteiger partial charge on any atom is 0.225 e. The van der Waals surface area contributed by atoms with Gasteiger partial charge in [-0.2, -0.15) is 0 Å². The fourth-order valence-corrected chi connectivity index (χ4v) is 3.00. The summed E-state index contributed by atoms with van der Waals surface area (Å²) in [5.41, 5.74) is 1.20. The molecule has 1 aromatic carbocycles. The van der Waals surface area contributed by atoms with E-state index in [2.05, 4.69) is 31.9 Å². The molecule has 128 valence electrons. The number of hydrogen-bond donors (Lipinski definition) is 0. The fraction of sp³-hybridized carbons (Fsp3) is 0.444. The number of hydrogen-bond acceptors (Lipinski definition) is 6. The number of methoxy groups -OCH3 is 2. The SMILES string of the molecule is COc1cc(CN2CCCN(c3ncccn3)CC2)cc(OC)c1. The van der Waals surface area contributed by atoms with Crippen molar-refractivity contribution in [1.29, 1.82) is 0 Å². The van der Waals surface area contributed by atoms with E-state index in [0.717, 1.165) is 56.6 Å². The standard InChI is InChI=1S/C18H24N4O2/c1-23-16-11-15(12-17(13-16)24-2)14-21-7-4-8-22(10-9-21)18-19-5-3-6-20-18/h3,5-6,11-13H,4,7-10,14H2,1-2H3. The van der Waals surface area contributed by atoms with Gasteiger partial charge < -0.3 is 14.4 Å². The molecule has 0 unspecified atom stereocenters. The van der Waals surface area contributed by atoms with E-state index >= 15 is 0 Å². The Morgan fingerprint density at radius 2 is 1.62 bits per heavy atom. The number of ether oxygens (including phenoxy) is 2. The summed E-state index contributed by atoms with van der Waals surface area (Å²) in [4.78, 5) is 13.4. The van der Waals surface area contributed by atoms with Gasteiger partial charge in [0.2, 0.25) is 5.95 Å². The highest BCUT2D eigenvalue weighted by Gasteiger charge is 2.17. The smallest absolute Gasteiger partial charge is 0.225 e. The number of nitrogens with zero attached hydrogens (tertiary/aromatic N) is 4. The van der Waals surface area contributed by atoms with E-state index in [1.165, 1.54) is 5.56 Å². The summed E-state index contributed by atoms with van der Waals surface area (Å²) in [6.45, 7) is 4.85. The van der Waals surface area contributed by atoms with Gasteiger partial charge in [-0.05, 0) is 30.2 Å². The third kappa shape index (κ3) is 4.14. The van der Waals surface area contributed by atoms with Crippen molar-refractivity contribution < 1.29 is 9.47 Å². The van der Waals surface area contributed by atoms with Crippen LogP contribution in [0, 0.1) is 0 Å². The molecule has 0 N–H and O–H groups in total. The van der Waals surface area contributed by atoms with Crippen molar-refractivity contribution in [2.75, 3.05) is 45.3 Å². The predicted molar refractivity (Wildman–Crippen MR) is 93.7 cm³/mol. The van der Waals surface area contributed by atoms with Gasteiger partial charge in [0.05, 0.1) is 14.2 Å². The highest BCUT2D eigenvalue weighted by Crippen LogP contribution is 2.24. The van der Waals surface area contributed by atoms with E-state index in [1.54, 1.807) is 26.6 Å². The van der Waals surface area contributed by atoms with Gasteiger partial charge in [0.15, 0.2) is 0 Å². The summed E-state index contributed by atoms with van der Waals surface area (Å²) >= 11 is 0. The van der Waals surface area contributed by atoms with Crippen LogP contribution in [0.25, 0.3) is 0 Å². The largest absolute Gasteiger partial charge is 0.497 e. The zero-order valence-corrected chi connectivity index (χ0v) is 14.3. The van der Waals surface area contributed by atoms with E-state index in [1.807, 2.05) is 12.1 Å². The van der Waals surface area contributed by atoms with Crippen LogP contribution in [0.5, 0.6) is 11.5 Å². The molecule has 1 aliphatic heterocycles. The van der Waals surface area contributed by atoms with Crippen molar-refractivity contribution in [2.24, 2.45) is 0 Å². The lowest BCUT2D eigenvalue weighted by Gasteiger charge is -2.22. The molecule has 0 spiro atoms. The molecule has 1 aliphatic rings. The Morgan fingerprint density at radius 3 is 2.29 bits per heavy atom. The molecule has 0 atom stereocenters. The lowest BCUT2D eigenvalue weighted by atomic mass is 10.2. The predicted octanol–water partition coefficient (Wildman–Crippen LogP) is 2.21. The Morgan fingerprint density at radius 1 is 0.917 bits per heavy atom. The second kappa shape index (κ2) is 7.97. The minimum Gasteiger partial charge on any atom is -0.497 e. The Kier molecular flexibility index (Phi) is 5.48. The quantitative estimate of drug-likeness (QED) is 0.839. The lowest BCUT2D eigenvalue weighted by molar-refractivity contribution is 0.284. The van der Waals surface area contributed by atoms with Crippen LogP contribution < -0.4 is 14.4 Å². The first-order valence-corrected chi connectivity index (χ1v) is 8.25. The zero-order chi connectivity index (χ0) is 16.8. The fourth-order valence-electron chi connectivity index (χ4n) is 3.00. The minimum absolute atomic E-state index is 0.822. The first kappa shape index (κ1) is 16.5. The minimum atomic E-state index is 0.822. The van der Waals surface area contributed by atoms with Crippen molar-refractivity contribution in [3.8, 4) is 11.5 Å². The summed E-state index contributed by atoms with van der Waals surface area (Å²) in [5.74, 6) is 2.49. The van der Waals surface area contributed by atoms with Crippen LogP contribution in [0.1, 0.15) is 12.0 Å². The van der Waals surface area contributed by atoms with Crippen molar-refractivity contribution in [3.63, 3.8) is 0 Å². The molecule has 3 rings (SSSR count). The van der Waals surface area contributed by atoms with Crippen LogP contribution in [-0.2, 0) is 6.54 Å². The first-order chi connectivity index (χ1) is 11.8. The van der Waals surface area contributed by atoms with Crippen molar-refractivity contribution in [1.82, 2.24) is 14.9 Å². The van der Waals surface area contributed by atoms with Gasteiger partial charge >= 0.3 is 0 Å². The van der Waals surface area contributed by atoms with Gasteiger partial charge in [0.25, 0.3) is 0 Å². The molecule has 6 heteroatoms. The molecule has 1 fully saturated rings. The first-order valence-electron chi connectivity index (χ1n) is 8.25. The molecule has 6 nitrogen and oxygen atoms in total. The number of aromatic nitrogens is 2. The number of benzene rings is 1. The van der Waals surface area contributed by atoms with Crippen LogP contribution in [0.15, 0.2) is 36.7 Å². The monoisotopic (exact) mass is 328 g/mol. The maximum absolute atomic E-state index is 5.36. The van der Waals surface area contributed by atoms with Crippen molar-refractivity contribution >= 4 is 5.95 Å². The zero-order valence-electron chi connectivity index (χ0n) is 14.3. The second-order valence-corrected chi connectivity index (χ2v) is 5.89. The molecule has 2 heterocycles. The van der Waals surface area contributed by atoms with E-state index in [-0.39, 0.29) is 0 Å². The Hall–Kier alpha value is -2.34. The highest BCUT2D eigenvalue weighted by atomic mass is 16.5. The highest BCUT2D eigenvalue weighted by molar-refractivity contribution is 5.38. The summed E-state index contributed by atoms with van der Waals surface area (Å²) < 4.78 is 10.7. The second-order valence-electron chi connectivity index (χ2n) is 5.89. The van der Waals surface area contributed by atoms with E-state index in [9.17, 15) is 0 Å². The Labute approximate surface area is 143 Å². The van der Waals surface area contributed by atoms with Crippen LogP contribution in [0.4, 0.5) is 5.95 Å². The number of rotatable bonds is 5. The van der Waals surface area contributed by atoms with Gasteiger partial charge in [0.1, 0.15) is 11.5 Å². The van der Waals surface area contributed by atoms with Gasteiger partial charge in [-0.3, -0.25) is 4.90 Å². The van der Waals surface area contributed by atoms with Crippen molar-refractivity contribution in [2.45, 2.75) is 13.0 Å². The van der Waals surface area contributed by atoms with Crippen LogP contribution >= 0.6 is 0 Å². The molecule has 1 aromatic heterocycles. The van der Waals surface area contributed by atoms with E-state index < -0.39 is 0 Å². The average Bonchev–Trinajstić information content (AvgIpc) is 2.87. The average molecular weight is 328 g/mol. The molecule has 0 amide bonds. The molecule has 0 radical (unpaired) electrons. The van der Waals surface area contributed by atoms with Crippen LogP contribution in [0.3, 0.4) is 0 Å². The van der Waals surface area contributed by atoms with Crippen LogP contribution in [-0.4, -0.2) is 55.3 Å². The molecule has 0 saturated carbocycles. The normalized spacial score (nSPS) is 15.8. The summed E-state index contributed by atoms with van der Waals surface area (Å²) in [5, 5.41) is 0. The third-order valence-electron chi connectivity index (χ3n) is 4.24. The van der Waals surface area contributed by atoms with E-state index in [0.29, 0.717) is 0 Å². The molecule has 0 aliphatic carbocycles. The van der Waals surface area contributed by atoms with Crippen molar-refractivity contribution in [3.05, 3.63) is 42.2 Å². The lowest BCUT2D eigenvalue weighted by Crippen LogP contribution is -2.31. The van der Waals surface area contributed by atoms with Gasteiger partial charge in [-0.25, -0.2) is 9.97 Å². The third-order valence-corrected chi connectivity index (χ3v) is 4.24. The topological polar surface area (TPSA) is 50.7 Å². The molecule has 1 saturated heterocycles. The molecule has 2 aromatic rings. The molecule has 0 bridgehead atoms. The summed E-state index contributed by atoms with van der Waals surface area (Å²) in [6, 6.07) is 7.90. The van der Waals surface area contributed by atoms with Gasteiger partial charge in [-0.1, -0.05) is 0 Å². The van der Waals surface area contributed by atoms with E-state index in [4.69, 9.17) is 9.47 Å². The van der Waals surface area contributed by atoms with Gasteiger partial charge in [-0.15, -0.1) is 0 Å². The number of anilines is 1.